The zero-order chi connectivity index (χ0) is 17.0. The van der Waals surface area contributed by atoms with Crippen molar-refractivity contribution in [1.82, 2.24) is 34.9 Å². The van der Waals surface area contributed by atoms with Crippen molar-refractivity contribution < 1.29 is 0 Å². The molecular weight excluding hydrogens is 358 g/mol. The molecule has 9 heteroatoms. The molecule has 3 aromatic heterocycles. The molecule has 7 nitrogen and oxygen atoms in total. The average Bonchev–Trinajstić information content (AvgIpc) is 3.27. The van der Waals surface area contributed by atoms with Crippen LogP contribution < -0.4 is 5.32 Å². The van der Waals surface area contributed by atoms with Gasteiger partial charge in [0.1, 0.15) is 16.0 Å². The minimum absolute atomic E-state index is 0.531. The molecule has 0 radical (unpaired) electrons. The summed E-state index contributed by atoms with van der Waals surface area (Å²) < 4.78 is 1.88. The van der Waals surface area contributed by atoms with E-state index in [1.54, 1.807) is 18.4 Å². The van der Waals surface area contributed by atoms with Crippen molar-refractivity contribution in [2.24, 2.45) is 7.05 Å². The van der Waals surface area contributed by atoms with Gasteiger partial charge in [-0.25, -0.2) is 9.50 Å². The summed E-state index contributed by atoms with van der Waals surface area (Å²) in [6.07, 6.45) is 4.33. The Hall–Kier alpha value is -2.03. The molecule has 128 valence electrons. The Morgan fingerprint density at radius 2 is 2.04 bits per heavy atom. The highest BCUT2D eigenvalue weighted by Gasteiger charge is 2.20. The molecule has 0 saturated carbocycles. The van der Waals surface area contributed by atoms with Crippen molar-refractivity contribution in [3.8, 4) is 10.6 Å². The van der Waals surface area contributed by atoms with Gasteiger partial charge in [0.25, 0.3) is 0 Å². The van der Waals surface area contributed by atoms with E-state index < -0.39 is 0 Å². The zero-order valence-corrected chi connectivity index (χ0v) is 15.2. The topological polar surface area (TPSA) is 72.9 Å². The van der Waals surface area contributed by atoms with Gasteiger partial charge in [-0.15, -0.1) is 0 Å². The molecule has 0 spiro atoms. The predicted molar refractivity (Wildman–Crippen MR) is 98.2 cm³/mol. The normalized spacial score (nSPS) is 16.2. The summed E-state index contributed by atoms with van der Waals surface area (Å²) >= 11 is 7.93. The van der Waals surface area contributed by atoms with E-state index in [-0.39, 0.29) is 0 Å². The molecule has 1 aromatic carbocycles. The van der Waals surface area contributed by atoms with Gasteiger partial charge >= 0.3 is 0 Å². The molecule has 1 N–H and O–H groups in total. The number of rotatable bonds is 2. The van der Waals surface area contributed by atoms with Crippen LogP contribution in [-0.4, -0.2) is 42.7 Å². The molecule has 0 atom stereocenters. The number of nitrogens with zero attached hydrogens (tertiary/aromatic N) is 6. The average molecular weight is 374 g/mol. The number of hydrogen-bond donors (Lipinski definition) is 1. The maximum Gasteiger partial charge on any atom is 0.212 e. The SMILES string of the molecule is Cn1nc2cc(-c3nn4cc(C5CCNCC5)nc4s3)cc(Cl)c2n1. The standard InChI is InChI=1S/C16H16ClN7S/c1-23-20-12-7-10(6-11(17)14(12)21-23)15-22-24-8-13(19-16(24)25-15)9-2-4-18-5-3-9/h6-9,18H,2-5H2,1H3. The lowest BCUT2D eigenvalue weighted by molar-refractivity contribution is 0.454. The molecule has 1 aliphatic heterocycles. The predicted octanol–water partition coefficient (Wildman–Crippen LogP) is 2.86. The van der Waals surface area contributed by atoms with Crippen LogP contribution in [0.25, 0.3) is 26.6 Å². The van der Waals surface area contributed by atoms with Gasteiger partial charge < -0.3 is 5.32 Å². The van der Waals surface area contributed by atoms with Gasteiger partial charge in [0.05, 0.1) is 16.9 Å². The highest BCUT2D eigenvalue weighted by atomic mass is 35.5. The molecule has 0 bridgehead atoms. The van der Waals surface area contributed by atoms with Crippen molar-refractivity contribution in [3.05, 3.63) is 29.0 Å². The summed E-state index contributed by atoms with van der Waals surface area (Å²) in [4.78, 5) is 7.24. The van der Waals surface area contributed by atoms with Gasteiger partial charge in [-0.1, -0.05) is 22.9 Å². The first-order valence-electron chi connectivity index (χ1n) is 8.25. The van der Waals surface area contributed by atoms with E-state index in [0.29, 0.717) is 16.5 Å². The number of imidazole rings is 1. The van der Waals surface area contributed by atoms with Gasteiger partial charge in [-0.2, -0.15) is 20.1 Å². The van der Waals surface area contributed by atoms with Gasteiger partial charge in [-0.05, 0) is 38.1 Å². The number of nitrogens with one attached hydrogen (secondary N) is 1. The number of hydrogen-bond acceptors (Lipinski definition) is 6. The fraction of sp³-hybridized carbons (Fsp3) is 0.375. The number of piperidine rings is 1. The van der Waals surface area contributed by atoms with Gasteiger partial charge in [0.2, 0.25) is 4.96 Å². The third kappa shape index (κ3) is 2.61. The fourth-order valence-corrected chi connectivity index (χ4v) is 4.48. The number of benzene rings is 1. The third-order valence-electron chi connectivity index (χ3n) is 4.61. The van der Waals surface area contributed by atoms with E-state index in [0.717, 1.165) is 52.7 Å². The quantitative estimate of drug-likeness (QED) is 0.585. The Kier molecular flexibility index (Phi) is 3.51. The van der Waals surface area contributed by atoms with Crippen LogP contribution >= 0.6 is 22.9 Å². The lowest BCUT2D eigenvalue weighted by Crippen LogP contribution is -2.26. The van der Waals surface area contributed by atoms with Crippen LogP contribution in [0.1, 0.15) is 24.5 Å². The number of aryl methyl sites for hydroxylation is 1. The van der Waals surface area contributed by atoms with Crippen molar-refractivity contribution >= 4 is 38.9 Å². The van der Waals surface area contributed by atoms with E-state index in [1.165, 1.54) is 4.80 Å². The molecule has 4 aromatic rings. The summed E-state index contributed by atoms with van der Waals surface area (Å²) in [6.45, 7) is 2.12. The minimum atomic E-state index is 0.531. The number of halogens is 1. The summed E-state index contributed by atoms with van der Waals surface area (Å²) in [6, 6.07) is 3.87. The second kappa shape index (κ2) is 5.76. The lowest BCUT2D eigenvalue weighted by atomic mass is 9.95. The van der Waals surface area contributed by atoms with Gasteiger partial charge in [0, 0.05) is 18.5 Å². The highest BCUT2D eigenvalue weighted by Crippen LogP contribution is 2.33. The van der Waals surface area contributed by atoms with E-state index in [9.17, 15) is 0 Å². The van der Waals surface area contributed by atoms with Crippen molar-refractivity contribution in [2.45, 2.75) is 18.8 Å². The van der Waals surface area contributed by atoms with Crippen LogP contribution in [0.3, 0.4) is 0 Å². The Morgan fingerprint density at radius 1 is 1.20 bits per heavy atom. The first-order chi connectivity index (χ1) is 12.2. The summed E-state index contributed by atoms with van der Waals surface area (Å²) in [5.74, 6) is 0.531. The monoisotopic (exact) mass is 373 g/mol. The number of aromatic nitrogens is 6. The fourth-order valence-electron chi connectivity index (χ4n) is 3.35. The molecule has 4 heterocycles. The van der Waals surface area contributed by atoms with Crippen LogP contribution in [0, 0.1) is 0 Å². The van der Waals surface area contributed by atoms with Crippen LogP contribution in [0.5, 0.6) is 0 Å². The molecular formula is C16H16ClN7S. The lowest BCUT2D eigenvalue weighted by Gasteiger charge is -2.20. The van der Waals surface area contributed by atoms with Crippen molar-refractivity contribution in [1.29, 1.82) is 0 Å². The van der Waals surface area contributed by atoms with Crippen LogP contribution in [0.4, 0.5) is 0 Å². The van der Waals surface area contributed by atoms with Gasteiger partial charge in [0.15, 0.2) is 0 Å². The number of fused-ring (bicyclic) bond motifs is 2. The maximum absolute atomic E-state index is 6.36. The minimum Gasteiger partial charge on any atom is -0.317 e. The molecule has 1 fully saturated rings. The first-order valence-corrected chi connectivity index (χ1v) is 9.44. The Morgan fingerprint density at radius 3 is 2.84 bits per heavy atom. The molecule has 5 rings (SSSR count). The van der Waals surface area contributed by atoms with Crippen molar-refractivity contribution in [3.63, 3.8) is 0 Å². The van der Waals surface area contributed by atoms with E-state index in [4.69, 9.17) is 21.7 Å². The summed E-state index contributed by atoms with van der Waals surface area (Å²) in [5, 5.41) is 18.2. The van der Waals surface area contributed by atoms with E-state index in [2.05, 4.69) is 21.7 Å². The van der Waals surface area contributed by atoms with Crippen molar-refractivity contribution in [2.75, 3.05) is 13.1 Å². The summed E-state index contributed by atoms with van der Waals surface area (Å²) in [5.41, 5.74) is 3.57. The van der Waals surface area contributed by atoms with E-state index in [1.807, 2.05) is 16.6 Å². The Labute approximate surface area is 152 Å². The second-order valence-electron chi connectivity index (χ2n) is 6.34. The molecule has 1 saturated heterocycles. The maximum atomic E-state index is 6.36. The summed E-state index contributed by atoms with van der Waals surface area (Å²) in [7, 11) is 1.79. The molecule has 0 aliphatic carbocycles. The largest absolute Gasteiger partial charge is 0.317 e. The van der Waals surface area contributed by atoms with Gasteiger partial charge in [-0.3, -0.25) is 0 Å². The Bertz CT molecular complexity index is 1040. The molecule has 25 heavy (non-hydrogen) atoms. The molecule has 0 amide bonds. The third-order valence-corrected chi connectivity index (χ3v) is 5.87. The first kappa shape index (κ1) is 15.2. The second-order valence-corrected chi connectivity index (χ2v) is 7.70. The Balaban J connectivity index is 1.53. The van der Waals surface area contributed by atoms with Crippen LogP contribution in [-0.2, 0) is 7.05 Å². The van der Waals surface area contributed by atoms with Crippen LogP contribution in [0.15, 0.2) is 18.3 Å². The molecule has 1 aliphatic rings. The molecule has 0 unspecified atom stereocenters. The zero-order valence-electron chi connectivity index (χ0n) is 13.6. The van der Waals surface area contributed by atoms with E-state index >= 15 is 0 Å². The highest BCUT2D eigenvalue weighted by molar-refractivity contribution is 7.19. The van der Waals surface area contributed by atoms with Crippen LogP contribution in [0.2, 0.25) is 5.02 Å². The smallest absolute Gasteiger partial charge is 0.212 e.